The van der Waals surface area contributed by atoms with Crippen molar-refractivity contribution < 1.29 is 9.59 Å². The molecule has 80 valence electrons. The van der Waals surface area contributed by atoms with Crippen LogP contribution in [0.5, 0.6) is 0 Å². The van der Waals surface area contributed by atoms with Gasteiger partial charge in [-0.25, -0.2) is 0 Å². The fraction of sp³-hybridized carbons (Fsp3) is 0.600. The molecule has 0 radical (unpaired) electrons. The molecule has 4 heteroatoms. The van der Waals surface area contributed by atoms with E-state index in [1.807, 2.05) is 13.0 Å². The van der Waals surface area contributed by atoms with Crippen molar-refractivity contribution in [3.8, 4) is 0 Å². The highest BCUT2D eigenvalue weighted by Crippen LogP contribution is 1.94. The topological polar surface area (TPSA) is 58.2 Å². The van der Waals surface area contributed by atoms with E-state index in [0.717, 1.165) is 19.3 Å². The van der Waals surface area contributed by atoms with Crippen molar-refractivity contribution in [3.05, 3.63) is 12.2 Å². The maximum Gasteiger partial charge on any atom is 0.309 e. The van der Waals surface area contributed by atoms with E-state index < -0.39 is 11.8 Å². The summed E-state index contributed by atoms with van der Waals surface area (Å²) in [6.45, 7) is 2.54. The van der Waals surface area contributed by atoms with Gasteiger partial charge in [0.2, 0.25) is 0 Å². The van der Waals surface area contributed by atoms with Crippen LogP contribution in [0.3, 0.4) is 0 Å². The normalized spacial score (nSPS) is 10.1. The number of allylic oxidation sites excluding steroid dienone is 2. The van der Waals surface area contributed by atoms with Crippen molar-refractivity contribution in [3.63, 3.8) is 0 Å². The molecule has 0 atom stereocenters. The number of rotatable bonds is 5. The van der Waals surface area contributed by atoms with Gasteiger partial charge in [-0.3, -0.25) is 9.59 Å². The van der Waals surface area contributed by atoms with Crippen molar-refractivity contribution in [2.45, 2.75) is 26.2 Å². The van der Waals surface area contributed by atoms with E-state index in [1.54, 1.807) is 0 Å². The molecule has 2 amide bonds. The highest BCUT2D eigenvalue weighted by Gasteiger charge is 2.08. The molecule has 0 unspecified atom stereocenters. The Balaban J connectivity index is 3.36. The average Bonchev–Trinajstić information content (AvgIpc) is 2.21. The van der Waals surface area contributed by atoms with Gasteiger partial charge in [-0.1, -0.05) is 12.2 Å². The second-order valence-electron chi connectivity index (χ2n) is 2.90. The number of carbonyl (C=O) groups is 2. The molecular formula is C10H18N2O2. The standard InChI is InChI=1S/C10H18N2O2/c1-3-4-5-6-7-8-12-10(14)9(13)11-2/h3-4H,5-8H2,1-2H3,(H,11,13)(H,12,14)/b4-3-. The van der Waals surface area contributed by atoms with E-state index in [2.05, 4.69) is 16.7 Å². The molecule has 0 aliphatic rings. The minimum atomic E-state index is -0.585. The van der Waals surface area contributed by atoms with E-state index in [0.29, 0.717) is 6.54 Å². The van der Waals surface area contributed by atoms with Crippen molar-refractivity contribution in [2.24, 2.45) is 0 Å². The minimum absolute atomic E-state index is 0.557. The van der Waals surface area contributed by atoms with Gasteiger partial charge in [-0.05, 0) is 26.2 Å². The lowest BCUT2D eigenvalue weighted by molar-refractivity contribution is -0.138. The van der Waals surface area contributed by atoms with Crippen molar-refractivity contribution in [1.29, 1.82) is 0 Å². The van der Waals surface area contributed by atoms with Gasteiger partial charge < -0.3 is 10.6 Å². The Bertz CT molecular complexity index is 212. The molecule has 14 heavy (non-hydrogen) atoms. The Morgan fingerprint density at radius 1 is 1.21 bits per heavy atom. The van der Waals surface area contributed by atoms with Crippen LogP contribution < -0.4 is 10.6 Å². The van der Waals surface area contributed by atoms with Crippen LogP contribution in [0.4, 0.5) is 0 Å². The molecule has 0 fully saturated rings. The lowest BCUT2D eigenvalue weighted by Gasteiger charge is -2.02. The molecule has 0 rings (SSSR count). The van der Waals surface area contributed by atoms with Crippen molar-refractivity contribution in [1.82, 2.24) is 10.6 Å². The summed E-state index contributed by atoms with van der Waals surface area (Å²) in [5.74, 6) is -1.14. The van der Waals surface area contributed by atoms with Gasteiger partial charge in [0.25, 0.3) is 0 Å². The summed E-state index contributed by atoms with van der Waals surface area (Å²) in [5, 5.41) is 4.80. The third-order valence-electron chi connectivity index (χ3n) is 1.75. The summed E-state index contributed by atoms with van der Waals surface area (Å²) in [5.41, 5.74) is 0. The second kappa shape index (κ2) is 8.29. The third-order valence-corrected chi connectivity index (χ3v) is 1.75. The van der Waals surface area contributed by atoms with E-state index in [4.69, 9.17) is 0 Å². The SMILES string of the molecule is C/C=C\CCCCNC(=O)C(=O)NC. The van der Waals surface area contributed by atoms with Crippen LogP contribution in [0.15, 0.2) is 12.2 Å². The molecule has 4 nitrogen and oxygen atoms in total. The molecule has 0 heterocycles. The summed E-state index contributed by atoms with van der Waals surface area (Å²) in [6.07, 6.45) is 7.03. The van der Waals surface area contributed by atoms with Crippen LogP contribution in [-0.4, -0.2) is 25.4 Å². The van der Waals surface area contributed by atoms with Crippen molar-refractivity contribution in [2.75, 3.05) is 13.6 Å². The Morgan fingerprint density at radius 3 is 2.50 bits per heavy atom. The first-order valence-corrected chi connectivity index (χ1v) is 4.83. The van der Waals surface area contributed by atoms with E-state index >= 15 is 0 Å². The fourth-order valence-electron chi connectivity index (χ4n) is 0.950. The number of amides is 2. The van der Waals surface area contributed by atoms with Crippen molar-refractivity contribution >= 4 is 11.8 Å². The molecule has 0 aromatic heterocycles. The lowest BCUT2D eigenvalue weighted by Crippen LogP contribution is -2.38. The molecular weight excluding hydrogens is 180 g/mol. The largest absolute Gasteiger partial charge is 0.351 e. The number of likely N-dealkylation sites (N-methyl/N-ethyl adjacent to an activating group) is 1. The molecule has 0 aromatic rings. The number of hydrogen-bond donors (Lipinski definition) is 2. The van der Waals surface area contributed by atoms with Crippen LogP contribution >= 0.6 is 0 Å². The van der Waals surface area contributed by atoms with E-state index in [-0.39, 0.29) is 0 Å². The molecule has 0 saturated heterocycles. The van der Waals surface area contributed by atoms with Gasteiger partial charge in [0, 0.05) is 13.6 Å². The quantitative estimate of drug-likeness (QED) is 0.386. The maximum atomic E-state index is 10.9. The summed E-state index contributed by atoms with van der Waals surface area (Å²) < 4.78 is 0. The molecule has 0 spiro atoms. The fourth-order valence-corrected chi connectivity index (χ4v) is 0.950. The number of nitrogens with one attached hydrogen (secondary N) is 2. The Kier molecular flexibility index (Phi) is 7.50. The van der Waals surface area contributed by atoms with Crippen LogP contribution in [0, 0.1) is 0 Å². The number of carbonyl (C=O) groups excluding carboxylic acids is 2. The maximum absolute atomic E-state index is 10.9. The molecule has 0 saturated carbocycles. The van der Waals surface area contributed by atoms with Gasteiger partial charge in [0.05, 0.1) is 0 Å². The summed E-state index contributed by atoms with van der Waals surface area (Å²) in [6, 6.07) is 0. The first-order chi connectivity index (χ1) is 6.72. The first-order valence-electron chi connectivity index (χ1n) is 4.83. The average molecular weight is 198 g/mol. The molecule has 0 bridgehead atoms. The zero-order valence-electron chi connectivity index (χ0n) is 8.80. The highest BCUT2D eigenvalue weighted by atomic mass is 16.2. The zero-order valence-corrected chi connectivity index (χ0v) is 8.80. The van der Waals surface area contributed by atoms with Crippen LogP contribution in [0.1, 0.15) is 26.2 Å². The molecule has 0 aromatic carbocycles. The number of hydrogen-bond acceptors (Lipinski definition) is 2. The van der Waals surface area contributed by atoms with Gasteiger partial charge in [-0.15, -0.1) is 0 Å². The number of unbranched alkanes of at least 4 members (excludes halogenated alkanes) is 2. The summed E-state index contributed by atoms with van der Waals surface area (Å²) in [4.78, 5) is 21.7. The van der Waals surface area contributed by atoms with Gasteiger partial charge in [0.15, 0.2) is 0 Å². The highest BCUT2D eigenvalue weighted by molar-refractivity contribution is 6.34. The summed E-state index contributed by atoms with van der Waals surface area (Å²) in [7, 11) is 1.44. The third kappa shape index (κ3) is 6.22. The Hall–Kier alpha value is -1.32. The van der Waals surface area contributed by atoms with Gasteiger partial charge in [0.1, 0.15) is 0 Å². The second-order valence-corrected chi connectivity index (χ2v) is 2.90. The Labute approximate surface area is 84.8 Å². The predicted octanol–water partition coefficient (Wildman–Crippen LogP) is 0.595. The smallest absolute Gasteiger partial charge is 0.309 e. The van der Waals surface area contributed by atoms with Crippen LogP contribution in [0.25, 0.3) is 0 Å². The van der Waals surface area contributed by atoms with Crippen LogP contribution in [0.2, 0.25) is 0 Å². The first kappa shape index (κ1) is 12.7. The van der Waals surface area contributed by atoms with Gasteiger partial charge in [-0.2, -0.15) is 0 Å². The monoisotopic (exact) mass is 198 g/mol. The summed E-state index contributed by atoms with van der Waals surface area (Å²) >= 11 is 0. The zero-order chi connectivity index (χ0) is 10.8. The molecule has 0 aliphatic carbocycles. The molecule has 0 aliphatic heterocycles. The Morgan fingerprint density at radius 2 is 1.93 bits per heavy atom. The van der Waals surface area contributed by atoms with Crippen LogP contribution in [-0.2, 0) is 9.59 Å². The predicted molar refractivity (Wildman–Crippen MR) is 55.7 cm³/mol. The van der Waals surface area contributed by atoms with Gasteiger partial charge >= 0.3 is 11.8 Å². The lowest BCUT2D eigenvalue weighted by atomic mass is 10.2. The van der Waals surface area contributed by atoms with E-state index in [9.17, 15) is 9.59 Å². The minimum Gasteiger partial charge on any atom is -0.351 e. The van der Waals surface area contributed by atoms with E-state index in [1.165, 1.54) is 7.05 Å². The molecule has 2 N–H and O–H groups in total.